The average molecular weight is 228 g/mol. The second-order valence-electron chi connectivity index (χ2n) is 5.00. The van der Waals surface area contributed by atoms with Crippen molar-refractivity contribution in [1.29, 1.82) is 0 Å². The predicted molar refractivity (Wildman–Crippen MR) is 66.6 cm³/mol. The number of para-hydroxylation sites is 1. The van der Waals surface area contributed by atoms with E-state index in [1.165, 1.54) is 5.56 Å². The summed E-state index contributed by atoms with van der Waals surface area (Å²) < 4.78 is 0. The van der Waals surface area contributed by atoms with Gasteiger partial charge >= 0.3 is 0 Å². The van der Waals surface area contributed by atoms with Crippen LogP contribution in [-0.4, -0.2) is 30.9 Å². The second kappa shape index (κ2) is 3.57. The van der Waals surface area contributed by atoms with Gasteiger partial charge < -0.3 is 4.90 Å². The quantitative estimate of drug-likeness (QED) is 0.674. The smallest absolute Gasteiger partial charge is 0.237 e. The summed E-state index contributed by atoms with van der Waals surface area (Å²) >= 11 is 0. The SMILES string of the molecule is [CH]N1CCC2(CC1)C(=O)N(C)c1ccccc12. The molecule has 0 saturated carbocycles. The number of piperidine rings is 1. The van der Waals surface area contributed by atoms with Crippen LogP contribution in [-0.2, 0) is 10.2 Å². The number of likely N-dealkylation sites (tertiary alicyclic amines) is 1. The van der Waals surface area contributed by atoms with Crippen LogP contribution >= 0.6 is 0 Å². The Labute approximate surface area is 102 Å². The van der Waals surface area contributed by atoms with Crippen molar-refractivity contribution in [3.05, 3.63) is 36.9 Å². The lowest BCUT2D eigenvalue weighted by atomic mass is 9.74. The van der Waals surface area contributed by atoms with E-state index in [0.29, 0.717) is 0 Å². The minimum atomic E-state index is -0.318. The molecule has 3 heteroatoms. The van der Waals surface area contributed by atoms with Gasteiger partial charge in [0, 0.05) is 19.8 Å². The number of benzene rings is 1. The number of hydrogen-bond acceptors (Lipinski definition) is 2. The topological polar surface area (TPSA) is 23.6 Å². The zero-order chi connectivity index (χ0) is 12.0. The lowest BCUT2D eigenvalue weighted by molar-refractivity contribution is -0.124. The number of rotatable bonds is 0. The third-order valence-electron chi connectivity index (χ3n) is 4.15. The highest BCUT2D eigenvalue weighted by molar-refractivity contribution is 6.07. The molecule has 0 aromatic heterocycles. The molecule has 1 amide bonds. The van der Waals surface area contributed by atoms with Crippen LogP contribution in [0, 0.1) is 7.05 Å². The molecular formula is C14H16N2O. The van der Waals surface area contributed by atoms with Gasteiger partial charge in [0.1, 0.15) is 0 Å². The Bertz CT molecular complexity index is 461. The number of hydrogen-bond donors (Lipinski definition) is 0. The molecule has 1 saturated heterocycles. The minimum absolute atomic E-state index is 0.229. The molecule has 0 unspecified atom stereocenters. The summed E-state index contributed by atoms with van der Waals surface area (Å²) in [7, 11) is 7.66. The number of carbonyl (C=O) groups is 1. The van der Waals surface area contributed by atoms with Crippen molar-refractivity contribution in [1.82, 2.24) is 4.90 Å². The molecule has 2 heterocycles. The van der Waals surface area contributed by atoms with Gasteiger partial charge in [-0.05, 0) is 37.6 Å². The lowest BCUT2D eigenvalue weighted by Gasteiger charge is -2.36. The van der Waals surface area contributed by atoms with Crippen molar-refractivity contribution in [2.24, 2.45) is 0 Å². The molecule has 1 fully saturated rings. The van der Waals surface area contributed by atoms with E-state index >= 15 is 0 Å². The Balaban J connectivity index is 2.09. The van der Waals surface area contributed by atoms with E-state index in [-0.39, 0.29) is 11.3 Å². The molecule has 0 atom stereocenters. The van der Waals surface area contributed by atoms with Crippen LogP contribution in [0.2, 0.25) is 0 Å². The first-order chi connectivity index (χ1) is 8.15. The first kappa shape index (κ1) is 10.8. The van der Waals surface area contributed by atoms with Crippen LogP contribution < -0.4 is 4.90 Å². The van der Waals surface area contributed by atoms with Gasteiger partial charge in [-0.2, -0.15) is 0 Å². The number of nitrogens with zero attached hydrogens (tertiary/aromatic N) is 2. The molecule has 1 spiro atoms. The largest absolute Gasteiger partial charge is 0.314 e. The van der Waals surface area contributed by atoms with E-state index in [1.807, 2.05) is 25.2 Å². The average Bonchev–Trinajstić information content (AvgIpc) is 2.57. The molecule has 2 aliphatic rings. The van der Waals surface area contributed by atoms with Crippen LogP contribution in [0.1, 0.15) is 18.4 Å². The molecule has 0 bridgehead atoms. The maximum atomic E-state index is 12.5. The van der Waals surface area contributed by atoms with E-state index in [0.717, 1.165) is 31.6 Å². The van der Waals surface area contributed by atoms with Crippen molar-refractivity contribution in [3.63, 3.8) is 0 Å². The molecule has 88 valence electrons. The molecular weight excluding hydrogens is 212 g/mol. The number of amides is 1. The van der Waals surface area contributed by atoms with Crippen molar-refractivity contribution >= 4 is 11.6 Å². The standard InChI is InChI=1S/C14H16N2O/c1-15-9-7-14(8-10-15)11-5-3-4-6-12(11)16(2)13(14)17/h1,3-6H,7-10H2,2H3. The van der Waals surface area contributed by atoms with Gasteiger partial charge in [-0.1, -0.05) is 18.2 Å². The zero-order valence-corrected chi connectivity index (χ0v) is 10.0. The van der Waals surface area contributed by atoms with Crippen molar-refractivity contribution in [2.75, 3.05) is 25.0 Å². The Hall–Kier alpha value is -1.35. The fourth-order valence-electron chi connectivity index (χ4n) is 3.11. The molecule has 0 aliphatic carbocycles. The molecule has 1 aromatic carbocycles. The summed E-state index contributed by atoms with van der Waals surface area (Å²) in [6.45, 7) is 1.57. The molecule has 2 aliphatic heterocycles. The van der Waals surface area contributed by atoms with Gasteiger partial charge in [0.05, 0.1) is 5.41 Å². The Kier molecular flexibility index (Phi) is 2.26. The van der Waals surface area contributed by atoms with Crippen molar-refractivity contribution in [3.8, 4) is 0 Å². The molecule has 3 nitrogen and oxygen atoms in total. The highest BCUT2D eigenvalue weighted by atomic mass is 16.2. The molecule has 0 N–H and O–H groups in total. The third-order valence-corrected chi connectivity index (χ3v) is 4.15. The fourth-order valence-corrected chi connectivity index (χ4v) is 3.11. The van der Waals surface area contributed by atoms with Crippen LogP contribution in [0.5, 0.6) is 0 Å². The summed E-state index contributed by atoms with van der Waals surface area (Å²) in [6.07, 6.45) is 1.65. The molecule has 1 aromatic rings. The Morgan fingerprint density at radius 2 is 1.88 bits per heavy atom. The van der Waals surface area contributed by atoms with Crippen molar-refractivity contribution < 1.29 is 4.79 Å². The Morgan fingerprint density at radius 1 is 1.24 bits per heavy atom. The normalized spacial score (nSPS) is 23.2. The van der Waals surface area contributed by atoms with E-state index < -0.39 is 0 Å². The van der Waals surface area contributed by atoms with Gasteiger partial charge in [-0.25, -0.2) is 0 Å². The summed E-state index contributed by atoms with van der Waals surface area (Å²) in [6, 6.07) is 8.11. The minimum Gasteiger partial charge on any atom is -0.314 e. The first-order valence-corrected chi connectivity index (χ1v) is 6.02. The summed E-state index contributed by atoms with van der Waals surface area (Å²) in [5.74, 6) is 0.229. The van der Waals surface area contributed by atoms with Crippen molar-refractivity contribution in [2.45, 2.75) is 18.3 Å². The number of likely N-dealkylation sites (N-methyl/N-ethyl adjacent to an activating group) is 1. The molecule has 17 heavy (non-hydrogen) atoms. The highest BCUT2D eigenvalue weighted by Gasteiger charge is 2.50. The van der Waals surface area contributed by atoms with E-state index in [1.54, 1.807) is 9.80 Å². The van der Waals surface area contributed by atoms with Gasteiger partial charge in [0.2, 0.25) is 5.91 Å². The monoisotopic (exact) mass is 228 g/mol. The molecule has 2 radical (unpaired) electrons. The highest BCUT2D eigenvalue weighted by Crippen LogP contribution is 2.46. The van der Waals surface area contributed by atoms with Crippen LogP contribution in [0.4, 0.5) is 5.69 Å². The summed E-state index contributed by atoms with van der Waals surface area (Å²) in [5.41, 5.74) is 1.92. The van der Waals surface area contributed by atoms with Crippen LogP contribution in [0.15, 0.2) is 24.3 Å². The van der Waals surface area contributed by atoms with E-state index in [2.05, 4.69) is 6.07 Å². The number of fused-ring (bicyclic) bond motifs is 2. The van der Waals surface area contributed by atoms with Gasteiger partial charge in [0.15, 0.2) is 0 Å². The van der Waals surface area contributed by atoms with Gasteiger partial charge in [-0.3, -0.25) is 9.69 Å². The second-order valence-corrected chi connectivity index (χ2v) is 5.00. The maximum Gasteiger partial charge on any atom is 0.237 e. The van der Waals surface area contributed by atoms with Gasteiger partial charge in [0.25, 0.3) is 0 Å². The summed E-state index contributed by atoms with van der Waals surface area (Å²) in [5, 5.41) is 0. The number of anilines is 1. The number of carbonyl (C=O) groups excluding carboxylic acids is 1. The predicted octanol–water partition coefficient (Wildman–Crippen LogP) is 1.67. The lowest BCUT2D eigenvalue weighted by Crippen LogP contribution is -2.46. The zero-order valence-electron chi connectivity index (χ0n) is 10.0. The molecule has 3 rings (SSSR count). The first-order valence-electron chi connectivity index (χ1n) is 6.02. The summed E-state index contributed by atoms with van der Waals surface area (Å²) in [4.78, 5) is 16.1. The van der Waals surface area contributed by atoms with Crippen LogP contribution in [0.25, 0.3) is 0 Å². The Morgan fingerprint density at radius 3 is 2.59 bits per heavy atom. The maximum absolute atomic E-state index is 12.5. The fraction of sp³-hybridized carbons (Fsp3) is 0.429. The van der Waals surface area contributed by atoms with Crippen LogP contribution in [0.3, 0.4) is 0 Å². The third kappa shape index (κ3) is 1.35. The van der Waals surface area contributed by atoms with E-state index in [9.17, 15) is 4.79 Å². The van der Waals surface area contributed by atoms with E-state index in [4.69, 9.17) is 7.05 Å². The van der Waals surface area contributed by atoms with Gasteiger partial charge in [-0.15, -0.1) is 0 Å².